The van der Waals surface area contributed by atoms with Gasteiger partial charge in [0, 0.05) is 12.5 Å². The van der Waals surface area contributed by atoms with Crippen molar-refractivity contribution in [2.45, 2.75) is 38.8 Å². The number of nitrogens with one attached hydrogen (secondary N) is 1. The Morgan fingerprint density at radius 1 is 1.56 bits per heavy atom. The van der Waals surface area contributed by atoms with Gasteiger partial charge in [0.1, 0.15) is 11.9 Å². The van der Waals surface area contributed by atoms with Crippen LogP contribution in [0.4, 0.5) is 0 Å². The first kappa shape index (κ1) is 12.7. The molecule has 0 saturated carbocycles. The first-order chi connectivity index (χ1) is 8.69. The third kappa shape index (κ3) is 3.15. The lowest BCUT2D eigenvalue weighted by molar-refractivity contribution is 0.241. The van der Waals surface area contributed by atoms with Gasteiger partial charge in [-0.1, -0.05) is 25.1 Å². The first-order valence-corrected chi connectivity index (χ1v) is 6.50. The maximum atomic E-state index is 5.82. The predicted octanol–water partition coefficient (Wildman–Crippen LogP) is 1.69. The molecule has 0 aliphatic carbocycles. The van der Waals surface area contributed by atoms with E-state index in [2.05, 4.69) is 30.2 Å². The Balaban J connectivity index is 1.84. The normalized spacial score (nSPS) is 20.1. The Morgan fingerprint density at radius 2 is 2.33 bits per heavy atom. The zero-order chi connectivity index (χ0) is 13.0. The van der Waals surface area contributed by atoms with Crippen molar-refractivity contribution in [3.8, 4) is 5.75 Å². The SMILES string of the molecule is CCC(C)NC(N)=NCC1Cc2ccccc2O1. The van der Waals surface area contributed by atoms with E-state index >= 15 is 0 Å². The van der Waals surface area contributed by atoms with Crippen LogP contribution < -0.4 is 15.8 Å². The summed E-state index contributed by atoms with van der Waals surface area (Å²) in [5, 5.41) is 3.15. The Kier molecular flexibility index (Phi) is 4.07. The van der Waals surface area contributed by atoms with Crippen molar-refractivity contribution in [2.75, 3.05) is 6.54 Å². The fourth-order valence-electron chi connectivity index (χ4n) is 1.96. The van der Waals surface area contributed by atoms with Crippen molar-refractivity contribution in [2.24, 2.45) is 10.7 Å². The predicted molar refractivity (Wildman–Crippen MR) is 73.9 cm³/mol. The van der Waals surface area contributed by atoms with E-state index in [9.17, 15) is 0 Å². The Morgan fingerprint density at radius 3 is 3.06 bits per heavy atom. The minimum absolute atomic E-state index is 0.111. The number of para-hydroxylation sites is 1. The van der Waals surface area contributed by atoms with Gasteiger partial charge in [-0.15, -0.1) is 0 Å². The average molecular weight is 247 g/mol. The average Bonchev–Trinajstić information content (AvgIpc) is 2.79. The van der Waals surface area contributed by atoms with Gasteiger partial charge in [-0.05, 0) is 25.0 Å². The molecule has 0 saturated heterocycles. The fourth-order valence-corrected chi connectivity index (χ4v) is 1.96. The molecule has 0 bridgehead atoms. The third-order valence-corrected chi connectivity index (χ3v) is 3.19. The second-order valence-electron chi connectivity index (χ2n) is 4.73. The molecule has 18 heavy (non-hydrogen) atoms. The van der Waals surface area contributed by atoms with E-state index in [1.807, 2.05) is 18.2 Å². The van der Waals surface area contributed by atoms with Crippen molar-refractivity contribution in [1.82, 2.24) is 5.32 Å². The molecule has 4 nitrogen and oxygen atoms in total. The maximum Gasteiger partial charge on any atom is 0.188 e. The molecular weight excluding hydrogens is 226 g/mol. The number of nitrogens with two attached hydrogens (primary N) is 1. The zero-order valence-electron chi connectivity index (χ0n) is 11.0. The lowest BCUT2D eigenvalue weighted by Crippen LogP contribution is -2.38. The summed E-state index contributed by atoms with van der Waals surface area (Å²) >= 11 is 0. The van der Waals surface area contributed by atoms with Crippen LogP contribution in [0.25, 0.3) is 0 Å². The van der Waals surface area contributed by atoms with Crippen LogP contribution in [0, 0.1) is 0 Å². The van der Waals surface area contributed by atoms with E-state index in [0.717, 1.165) is 18.6 Å². The molecule has 3 N–H and O–H groups in total. The van der Waals surface area contributed by atoms with Gasteiger partial charge in [0.05, 0.1) is 6.54 Å². The molecule has 1 aliphatic heterocycles. The third-order valence-electron chi connectivity index (χ3n) is 3.19. The van der Waals surface area contributed by atoms with Gasteiger partial charge in [-0.2, -0.15) is 0 Å². The van der Waals surface area contributed by atoms with Crippen LogP contribution in [0.15, 0.2) is 29.3 Å². The molecule has 2 unspecified atom stereocenters. The second kappa shape index (κ2) is 5.76. The number of hydrogen-bond donors (Lipinski definition) is 2. The summed E-state index contributed by atoms with van der Waals surface area (Å²) in [6.45, 7) is 4.80. The molecule has 1 aromatic rings. The van der Waals surface area contributed by atoms with Gasteiger partial charge in [0.15, 0.2) is 5.96 Å². The van der Waals surface area contributed by atoms with Crippen LogP contribution in [-0.2, 0) is 6.42 Å². The van der Waals surface area contributed by atoms with Gasteiger partial charge in [0.25, 0.3) is 0 Å². The van der Waals surface area contributed by atoms with E-state index in [0.29, 0.717) is 18.5 Å². The minimum atomic E-state index is 0.111. The number of aliphatic imine (C=N–C) groups is 1. The van der Waals surface area contributed by atoms with E-state index in [1.165, 1.54) is 5.56 Å². The van der Waals surface area contributed by atoms with Crippen molar-refractivity contribution in [3.63, 3.8) is 0 Å². The second-order valence-corrected chi connectivity index (χ2v) is 4.73. The largest absolute Gasteiger partial charge is 0.488 e. The Bertz CT molecular complexity index is 406. The molecule has 1 aromatic carbocycles. The van der Waals surface area contributed by atoms with Crippen molar-refractivity contribution < 1.29 is 4.74 Å². The molecule has 98 valence electrons. The van der Waals surface area contributed by atoms with Crippen LogP contribution in [0.3, 0.4) is 0 Å². The van der Waals surface area contributed by atoms with E-state index in [-0.39, 0.29) is 6.10 Å². The summed E-state index contributed by atoms with van der Waals surface area (Å²) in [6, 6.07) is 8.48. The highest BCUT2D eigenvalue weighted by Crippen LogP contribution is 2.27. The van der Waals surface area contributed by atoms with E-state index < -0.39 is 0 Å². The molecule has 0 spiro atoms. The van der Waals surface area contributed by atoms with Gasteiger partial charge in [-0.3, -0.25) is 0 Å². The van der Waals surface area contributed by atoms with Gasteiger partial charge in [0.2, 0.25) is 0 Å². The van der Waals surface area contributed by atoms with Gasteiger partial charge >= 0.3 is 0 Å². The van der Waals surface area contributed by atoms with Crippen LogP contribution in [-0.4, -0.2) is 24.7 Å². The van der Waals surface area contributed by atoms with Crippen molar-refractivity contribution >= 4 is 5.96 Å². The molecule has 0 amide bonds. The summed E-state index contributed by atoms with van der Waals surface area (Å²) in [7, 11) is 0. The summed E-state index contributed by atoms with van der Waals surface area (Å²) in [6.07, 6.45) is 2.05. The number of hydrogen-bond acceptors (Lipinski definition) is 2. The minimum Gasteiger partial charge on any atom is -0.488 e. The van der Waals surface area contributed by atoms with E-state index in [1.54, 1.807) is 0 Å². The molecule has 2 atom stereocenters. The number of benzene rings is 1. The number of nitrogens with zero attached hydrogens (tertiary/aromatic N) is 1. The zero-order valence-corrected chi connectivity index (χ0v) is 11.0. The van der Waals surface area contributed by atoms with Gasteiger partial charge in [-0.25, -0.2) is 4.99 Å². The molecule has 0 radical (unpaired) electrons. The molecule has 0 fully saturated rings. The number of fused-ring (bicyclic) bond motifs is 1. The Hall–Kier alpha value is -1.71. The lowest BCUT2D eigenvalue weighted by atomic mass is 10.1. The first-order valence-electron chi connectivity index (χ1n) is 6.50. The van der Waals surface area contributed by atoms with Crippen LogP contribution >= 0.6 is 0 Å². The summed E-state index contributed by atoms with van der Waals surface area (Å²) < 4.78 is 5.80. The van der Waals surface area contributed by atoms with Crippen LogP contribution in [0.2, 0.25) is 0 Å². The quantitative estimate of drug-likeness (QED) is 0.629. The Labute approximate surface area is 108 Å². The standard InChI is InChI=1S/C14H21N3O/c1-3-10(2)17-14(15)16-9-12-8-11-6-4-5-7-13(11)18-12/h4-7,10,12H,3,8-9H2,1-2H3,(H3,15,16,17). The van der Waals surface area contributed by atoms with Crippen molar-refractivity contribution in [1.29, 1.82) is 0 Å². The summed E-state index contributed by atoms with van der Waals surface area (Å²) in [5.41, 5.74) is 7.07. The van der Waals surface area contributed by atoms with Crippen LogP contribution in [0.5, 0.6) is 5.75 Å². The maximum absolute atomic E-state index is 5.82. The molecule has 2 rings (SSSR count). The molecule has 1 aliphatic rings. The molecular formula is C14H21N3O. The molecule has 0 aromatic heterocycles. The molecule has 4 heteroatoms. The highest BCUT2D eigenvalue weighted by molar-refractivity contribution is 5.78. The summed E-state index contributed by atoms with van der Waals surface area (Å²) in [4.78, 5) is 4.34. The monoisotopic (exact) mass is 247 g/mol. The van der Waals surface area contributed by atoms with Crippen LogP contribution in [0.1, 0.15) is 25.8 Å². The number of guanidine groups is 1. The highest BCUT2D eigenvalue weighted by atomic mass is 16.5. The molecule has 1 heterocycles. The number of ether oxygens (including phenoxy) is 1. The van der Waals surface area contributed by atoms with Crippen molar-refractivity contribution in [3.05, 3.63) is 29.8 Å². The van der Waals surface area contributed by atoms with Gasteiger partial charge < -0.3 is 15.8 Å². The number of rotatable bonds is 4. The topological polar surface area (TPSA) is 59.6 Å². The fraction of sp³-hybridized carbons (Fsp3) is 0.500. The highest BCUT2D eigenvalue weighted by Gasteiger charge is 2.21. The van der Waals surface area contributed by atoms with E-state index in [4.69, 9.17) is 10.5 Å². The smallest absolute Gasteiger partial charge is 0.188 e. The summed E-state index contributed by atoms with van der Waals surface area (Å²) in [5.74, 6) is 1.48. The lowest BCUT2D eigenvalue weighted by Gasteiger charge is -2.13.